The minimum atomic E-state index is -0.230. The second-order valence-electron chi connectivity index (χ2n) is 5.57. The van der Waals surface area contributed by atoms with E-state index >= 15 is 0 Å². The lowest BCUT2D eigenvalue weighted by molar-refractivity contribution is -0.116. The smallest absolute Gasteiger partial charge is 0.287 e. The predicted octanol–water partition coefficient (Wildman–Crippen LogP) is 2.96. The fourth-order valence-corrected chi connectivity index (χ4v) is 2.58. The Labute approximate surface area is 128 Å². The van der Waals surface area contributed by atoms with Gasteiger partial charge in [-0.2, -0.15) is 0 Å². The molecule has 1 aliphatic rings. The van der Waals surface area contributed by atoms with Crippen LogP contribution in [-0.2, 0) is 11.2 Å². The summed E-state index contributed by atoms with van der Waals surface area (Å²) < 4.78 is 5.32. The second-order valence-corrected chi connectivity index (χ2v) is 5.57. The first-order valence-electron chi connectivity index (χ1n) is 7.33. The molecule has 22 heavy (non-hydrogen) atoms. The first-order chi connectivity index (χ1) is 10.5. The predicted molar refractivity (Wildman–Crippen MR) is 82.7 cm³/mol. The minimum absolute atomic E-state index is 0.0507. The summed E-state index contributed by atoms with van der Waals surface area (Å²) in [5.74, 6) is 0.846. The van der Waals surface area contributed by atoms with Crippen molar-refractivity contribution in [3.05, 3.63) is 53.0 Å². The molecular formula is C17H18N2O3. The molecule has 0 unspecified atom stereocenters. The zero-order chi connectivity index (χ0) is 15.7. The molecule has 2 N–H and O–H groups in total. The van der Waals surface area contributed by atoms with Crippen LogP contribution >= 0.6 is 0 Å². The van der Waals surface area contributed by atoms with E-state index in [4.69, 9.17) is 4.42 Å². The van der Waals surface area contributed by atoms with Crippen molar-refractivity contribution in [2.45, 2.75) is 32.7 Å². The number of anilines is 1. The molecule has 1 aromatic carbocycles. The number of hydrogen-bond acceptors (Lipinski definition) is 3. The SMILES string of the molecule is Cc1ccc(C(=O)N[C@@H](C)c2ccc3c(c2)CCC(=O)N3)o1. The molecule has 3 rings (SSSR count). The van der Waals surface area contributed by atoms with Gasteiger partial charge in [0.05, 0.1) is 6.04 Å². The van der Waals surface area contributed by atoms with Crippen LogP contribution < -0.4 is 10.6 Å². The normalized spacial score (nSPS) is 14.9. The maximum atomic E-state index is 12.1. The van der Waals surface area contributed by atoms with E-state index in [9.17, 15) is 9.59 Å². The van der Waals surface area contributed by atoms with Crippen molar-refractivity contribution in [1.29, 1.82) is 0 Å². The number of fused-ring (bicyclic) bond motifs is 1. The van der Waals surface area contributed by atoms with Crippen molar-refractivity contribution in [2.24, 2.45) is 0 Å². The minimum Gasteiger partial charge on any atom is -0.456 e. The number of furan rings is 1. The van der Waals surface area contributed by atoms with Crippen LogP contribution in [0, 0.1) is 6.92 Å². The van der Waals surface area contributed by atoms with Gasteiger partial charge in [0.2, 0.25) is 5.91 Å². The average Bonchev–Trinajstić information content (AvgIpc) is 2.93. The van der Waals surface area contributed by atoms with Crippen LogP contribution in [0.25, 0.3) is 0 Å². The number of carbonyl (C=O) groups excluding carboxylic acids is 2. The molecule has 1 aromatic heterocycles. The number of rotatable bonds is 3. The van der Waals surface area contributed by atoms with Gasteiger partial charge in [-0.05, 0) is 49.6 Å². The van der Waals surface area contributed by atoms with Crippen LogP contribution in [0.3, 0.4) is 0 Å². The standard InChI is InChI=1S/C17H18N2O3/c1-10-3-7-15(22-10)17(21)18-11(2)12-4-6-14-13(9-12)5-8-16(20)19-14/h3-4,6-7,9,11H,5,8H2,1-2H3,(H,18,21)(H,19,20)/t11-/m0/s1. The zero-order valence-electron chi connectivity index (χ0n) is 12.6. The summed E-state index contributed by atoms with van der Waals surface area (Å²) in [5, 5.41) is 5.78. The van der Waals surface area contributed by atoms with Crippen LogP contribution in [0.5, 0.6) is 0 Å². The largest absolute Gasteiger partial charge is 0.456 e. The van der Waals surface area contributed by atoms with Crippen LogP contribution in [0.15, 0.2) is 34.7 Å². The Balaban J connectivity index is 1.74. The van der Waals surface area contributed by atoms with E-state index in [2.05, 4.69) is 10.6 Å². The van der Waals surface area contributed by atoms with Gasteiger partial charge in [0.1, 0.15) is 5.76 Å². The Morgan fingerprint density at radius 3 is 2.82 bits per heavy atom. The molecule has 0 radical (unpaired) electrons. The molecule has 1 aliphatic heterocycles. The number of hydrogen-bond donors (Lipinski definition) is 2. The van der Waals surface area contributed by atoms with Crippen molar-refractivity contribution >= 4 is 17.5 Å². The summed E-state index contributed by atoms with van der Waals surface area (Å²) in [7, 11) is 0. The summed E-state index contributed by atoms with van der Waals surface area (Å²) >= 11 is 0. The molecule has 0 bridgehead atoms. The van der Waals surface area contributed by atoms with Gasteiger partial charge in [-0.15, -0.1) is 0 Å². The fraction of sp³-hybridized carbons (Fsp3) is 0.294. The zero-order valence-corrected chi connectivity index (χ0v) is 12.6. The second kappa shape index (κ2) is 5.67. The molecule has 5 heteroatoms. The quantitative estimate of drug-likeness (QED) is 0.915. The van der Waals surface area contributed by atoms with Gasteiger partial charge in [-0.3, -0.25) is 9.59 Å². The molecule has 2 aromatic rings. The highest BCUT2D eigenvalue weighted by atomic mass is 16.3. The molecule has 5 nitrogen and oxygen atoms in total. The van der Waals surface area contributed by atoms with Gasteiger partial charge in [0.15, 0.2) is 5.76 Å². The van der Waals surface area contributed by atoms with E-state index < -0.39 is 0 Å². The van der Waals surface area contributed by atoms with Crippen molar-refractivity contribution in [3.8, 4) is 0 Å². The fourth-order valence-electron chi connectivity index (χ4n) is 2.58. The molecule has 0 spiro atoms. The van der Waals surface area contributed by atoms with E-state index in [1.165, 1.54) is 0 Å². The Morgan fingerprint density at radius 2 is 2.09 bits per heavy atom. The van der Waals surface area contributed by atoms with Gasteiger partial charge in [0, 0.05) is 12.1 Å². The van der Waals surface area contributed by atoms with E-state index in [-0.39, 0.29) is 17.9 Å². The van der Waals surface area contributed by atoms with E-state index in [0.717, 1.165) is 23.2 Å². The molecule has 1 atom stereocenters. The summed E-state index contributed by atoms with van der Waals surface area (Å²) in [6, 6.07) is 9.14. The number of nitrogens with one attached hydrogen (secondary N) is 2. The van der Waals surface area contributed by atoms with Crippen molar-refractivity contribution in [1.82, 2.24) is 5.32 Å². The van der Waals surface area contributed by atoms with E-state index in [1.807, 2.05) is 25.1 Å². The third-order valence-electron chi connectivity index (χ3n) is 3.84. The summed E-state index contributed by atoms with van der Waals surface area (Å²) in [6.45, 7) is 3.73. The third kappa shape index (κ3) is 2.88. The third-order valence-corrected chi connectivity index (χ3v) is 3.84. The highest BCUT2D eigenvalue weighted by molar-refractivity contribution is 5.94. The van der Waals surface area contributed by atoms with Crippen molar-refractivity contribution in [3.63, 3.8) is 0 Å². The summed E-state index contributed by atoms with van der Waals surface area (Å²) in [5.41, 5.74) is 2.97. The van der Waals surface area contributed by atoms with Crippen LogP contribution in [0.1, 0.15) is 46.8 Å². The van der Waals surface area contributed by atoms with Gasteiger partial charge in [-0.1, -0.05) is 12.1 Å². The average molecular weight is 298 g/mol. The van der Waals surface area contributed by atoms with Crippen LogP contribution in [0.4, 0.5) is 5.69 Å². The summed E-state index contributed by atoms with van der Waals surface area (Å²) in [6.07, 6.45) is 1.23. The van der Waals surface area contributed by atoms with E-state index in [1.54, 1.807) is 19.1 Å². The molecule has 114 valence electrons. The Hall–Kier alpha value is -2.56. The lowest BCUT2D eigenvalue weighted by atomic mass is 9.98. The highest BCUT2D eigenvalue weighted by Gasteiger charge is 2.18. The molecule has 2 heterocycles. The molecule has 2 amide bonds. The Kier molecular flexibility index (Phi) is 3.71. The van der Waals surface area contributed by atoms with Crippen LogP contribution in [-0.4, -0.2) is 11.8 Å². The van der Waals surface area contributed by atoms with Crippen LogP contribution in [0.2, 0.25) is 0 Å². The Bertz CT molecular complexity index is 733. The first-order valence-corrected chi connectivity index (χ1v) is 7.33. The number of amides is 2. The topological polar surface area (TPSA) is 71.3 Å². The first kappa shape index (κ1) is 14.4. The van der Waals surface area contributed by atoms with Gasteiger partial charge in [-0.25, -0.2) is 0 Å². The lowest BCUT2D eigenvalue weighted by Gasteiger charge is -2.20. The number of aryl methyl sites for hydroxylation is 2. The van der Waals surface area contributed by atoms with E-state index in [0.29, 0.717) is 17.9 Å². The molecular weight excluding hydrogens is 280 g/mol. The maximum Gasteiger partial charge on any atom is 0.287 e. The Morgan fingerprint density at radius 1 is 1.27 bits per heavy atom. The molecule has 0 saturated carbocycles. The molecule has 0 aliphatic carbocycles. The highest BCUT2D eigenvalue weighted by Crippen LogP contribution is 2.26. The maximum absolute atomic E-state index is 12.1. The molecule has 0 fully saturated rings. The van der Waals surface area contributed by atoms with Gasteiger partial charge in [0.25, 0.3) is 5.91 Å². The summed E-state index contributed by atoms with van der Waals surface area (Å²) in [4.78, 5) is 23.5. The van der Waals surface area contributed by atoms with Crippen molar-refractivity contribution < 1.29 is 14.0 Å². The lowest BCUT2D eigenvalue weighted by Crippen LogP contribution is -2.26. The monoisotopic (exact) mass is 298 g/mol. The number of benzene rings is 1. The van der Waals surface area contributed by atoms with Gasteiger partial charge < -0.3 is 15.1 Å². The number of carbonyl (C=O) groups is 2. The van der Waals surface area contributed by atoms with Crippen molar-refractivity contribution in [2.75, 3.05) is 5.32 Å². The molecule has 0 saturated heterocycles. The van der Waals surface area contributed by atoms with Gasteiger partial charge >= 0.3 is 0 Å².